The highest BCUT2D eigenvalue weighted by atomic mass is 32.2. The van der Waals surface area contributed by atoms with E-state index in [0.717, 1.165) is 30.0 Å². The third-order valence-corrected chi connectivity index (χ3v) is 3.41. The molecule has 0 saturated carbocycles. The van der Waals surface area contributed by atoms with Crippen molar-refractivity contribution in [3.8, 4) is 0 Å². The van der Waals surface area contributed by atoms with Crippen molar-refractivity contribution >= 4 is 23.3 Å². The van der Waals surface area contributed by atoms with Crippen molar-refractivity contribution in [2.24, 2.45) is 0 Å². The van der Waals surface area contributed by atoms with E-state index in [-0.39, 0.29) is 15.6 Å². The van der Waals surface area contributed by atoms with Gasteiger partial charge in [-0.3, -0.25) is 10.1 Å². The number of benzene rings is 1. The molecule has 0 unspecified atom stereocenters. The molecule has 1 N–H and O–H groups in total. The van der Waals surface area contributed by atoms with E-state index in [9.17, 15) is 18.9 Å². The average molecular weight is 311 g/mol. The molecule has 0 atom stereocenters. The summed E-state index contributed by atoms with van der Waals surface area (Å²) in [5, 5.41) is 14.0. The highest BCUT2D eigenvalue weighted by Crippen LogP contribution is 2.32. The maximum Gasteiger partial charge on any atom is 0.275 e. The number of nitro groups is 1. The standard InChI is InChI=1S/C13H11F2N3O2S/c1-2-16-12-6-9(18(19)20)7-13(17-12)21-11-5-8(14)3-4-10(11)15/h3-7H,2H2,1H3,(H,16,17). The van der Waals surface area contributed by atoms with E-state index in [4.69, 9.17) is 0 Å². The first-order valence-corrected chi connectivity index (χ1v) is 6.84. The Morgan fingerprint density at radius 3 is 2.76 bits per heavy atom. The third-order valence-electron chi connectivity index (χ3n) is 2.46. The van der Waals surface area contributed by atoms with Gasteiger partial charge in [0.15, 0.2) is 0 Å². The second-order valence-electron chi connectivity index (χ2n) is 4.01. The molecule has 0 fully saturated rings. The number of nitrogens with one attached hydrogen (secondary N) is 1. The van der Waals surface area contributed by atoms with Crippen LogP contribution >= 0.6 is 11.8 Å². The van der Waals surface area contributed by atoms with Crippen LogP contribution in [0, 0.1) is 21.7 Å². The van der Waals surface area contributed by atoms with Crippen LogP contribution in [0.1, 0.15) is 6.92 Å². The van der Waals surface area contributed by atoms with Crippen molar-refractivity contribution < 1.29 is 13.7 Å². The van der Waals surface area contributed by atoms with Crippen molar-refractivity contribution in [1.82, 2.24) is 4.98 Å². The van der Waals surface area contributed by atoms with Gasteiger partial charge < -0.3 is 5.32 Å². The number of halogens is 2. The van der Waals surface area contributed by atoms with Gasteiger partial charge in [0, 0.05) is 12.6 Å². The summed E-state index contributed by atoms with van der Waals surface area (Å²) in [6.45, 7) is 2.35. The molecule has 1 heterocycles. The zero-order valence-electron chi connectivity index (χ0n) is 11.0. The van der Waals surface area contributed by atoms with Crippen molar-refractivity contribution in [2.75, 3.05) is 11.9 Å². The first-order chi connectivity index (χ1) is 9.99. The van der Waals surface area contributed by atoms with Gasteiger partial charge in [-0.05, 0) is 25.1 Å². The Morgan fingerprint density at radius 1 is 1.33 bits per heavy atom. The summed E-state index contributed by atoms with van der Waals surface area (Å²) in [7, 11) is 0. The number of rotatable bonds is 5. The minimum absolute atomic E-state index is 0.0189. The van der Waals surface area contributed by atoms with Crippen LogP contribution in [0.4, 0.5) is 20.3 Å². The van der Waals surface area contributed by atoms with Crippen LogP contribution in [0.25, 0.3) is 0 Å². The second-order valence-corrected chi connectivity index (χ2v) is 5.08. The molecule has 0 spiro atoms. The van der Waals surface area contributed by atoms with Crippen LogP contribution in [0.3, 0.4) is 0 Å². The zero-order valence-corrected chi connectivity index (χ0v) is 11.8. The normalized spacial score (nSPS) is 10.4. The highest BCUT2D eigenvalue weighted by Gasteiger charge is 2.14. The molecule has 0 radical (unpaired) electrons. The van der Waals surface area contributed by atoms with Gasteiger partial charge in [-0.15, -0.1) is 0 Å². The third kappa shape index (κ3) is 3.88. The fourth-order valence-electron chi connectivity index (χ4n) is 1.59. The van der Waals surface area contributed by atoms with Crippen LogP contribution in [-0.4, -0.2) is 16.5 Å². The number of hydrogen-bond donors (Lipinski definition) is 1. The lowest BCUT2D eigenvalue weighted by molar-refractivity contribution is -0.385. The molecular weight excluding hydrogens is 300 g/mol. The van der Waals surface area contributed by atoms with E-state index in [1.54, 1.807) is 0 Å². The molecular formula is C13H11F2N3O2S. The van der Waals surface area contributed by atoms with Gasteiger partial charge in [-0.1, -0.05) is 11.8 Å². The van der Waals surface area contributed by atoms with Gasteiger partial charge >= 0.3 is 0 Å². The summed E-state index contributed by atoms with van der Waals surface area (Å²) in [5.74, 6) is -0.887. The van der Waals surface area contributed by atoms with Gasteiger partial charge in [-0.2, -0.15) is 0 Å². The van der Waals surface area contributed by atoms with Crippen LogP contribution in [-0.2, 0) is 0 Å². The average Bonchev–Trinajstić information content (AvgIpc) is 2.43. The Labute approximate surface area is 123 Å². The lowest BCUT2D eigenvalue weighted by Gasteiger charge is -2.06. The summed E-state index contributed by atoms with van der Waals surface area (Å²) in [4.78, 5) is 14.5. The Kier molecular flexibility index (Phi) is 4.69. The molecule has 8 heteroatoms. The molecule has 0 aliphatic heterocycles. The summed E-state index contributed by atoms with van der Waals surface area (Å²) in [5.41, 5.74) is -0.166. The van der Waals surface area contributed by atoms with Crippen molar-refractivity contribution in [3.05, 3.63) is 52.1 Å². The lowest BCUT2D eigenvalue weighted by Crippen LogP contribution is -2.01. The second kappa shape index (κ2) is 6.49. The van der Waals surface area contributed by atoms with Gasteiger partial charge in [0.25, 0.3) is 5.69 Å². The van der Waals surface area contributed by atoms with Crippen LogP contribution < -0.4 is 5.32 Å². The Bertz CT molecular complexity index is 682. The monoisotopic (exact) mass is 311 g/mol. The predicted molar refractivity (Wildman–Crippen MR) is 75.5 cm³/mol. The number of aromatic nitrogens is 1. The summed E-state index contributed by atoms with van der Waals surface area (Å²) in [6, 6.07) is 5.53. The maximum absolute atomic E-state index is 13.6. The van der Waals surface area contributed by atoms with Gasteiger partial charge in [0.05, 0.1) is 15.9 Å². The Hall–Kier alpha value is -2.22. The van der Waals surface area contributed by atoms with E-state index in [1.807, 2.05) is 6.92 Å². The molecule has 0 saturated heterocycles. The molecule has 2 rings (SSSR count). The Balaban J connectivity index is 2.38. The minimum atomic E-state index is -0.611. The summed E-state index contributed by atoms with van der Waals surface area (Å²) >= 11 is 0.829. The van der Waals surface area contributed by atoms with Gasteiger partial charge in [0.1, 0.15) is 22.5 Å². The zero-order chi connectivity index (χ0) is 15.4. The Morgan fingerprint density at radius 2 is 2.10 bits per heavy atom. The lowest BCUT2D eigenvalue weighted by atomic mass is 10.3. The molecule has 1 aromatic carbocycles. The van der Waals surface area contributed by atoms with E-state index >= 15 is 0 Å². The first kappa shape index (κ1) is 15.2. The van der Waals surface area contributed by atoms with E-state index in [1.165, 1.54) is 12.1 Å². The molecule has 0 aliphatic rings. The topological polar surface area (TPSA) is 68.1 Å². The molecule has 21 heavy (non-hydrogen) atoms. The predicted octanol–water partition coefficient (Wildman–Crippen LogP) is 3.85. The quantitative estimate of drug-likeness (QED) is 0.671. The maximum atomic E-state index is 13.6. The summed E-state index contributed by atoms with van der Waals surface area (Å²) < 4.78 is 26.7. The number of nitrogens with zero attached hydrogens (tertiary/aromatic N) is 2. The molecule has 0 aliphatic carbocycles. The van der Waals surface area contributed by atoms with E-state index in [0.29, 0.717) is 12.4 Å². The minimum Gasteiger partial charge on any atom is -0.370 e. The molecule has 0 amide bonds. The fraction of sp³-hybridized carbons (Fsp3) is 0.154. The SMILES string of the molecule is CCNc1cc([N+](=O)[O-])cc(Sc2cc(F)ccc2F)n1. The van der Waals surface area contributed by atoms with Crippen LogP contribution in [0.5, 0.6) is 0 Å². The molecule has 2 aromatic rings. The van der Waals surface area contributed by atoms with E-state index < -0.39 is 16.6 Å². The van der Waals surface area contributed by atoms with E-state index in [2.05, 4.69) is 10.3 Å². The van der Waals surface area contributed by atoms with Gasteiger partial charge in [0.2, 0.25) is 0 Å². The fourth-order valence-corrected chi connectivity index (χ4v) is 2.47. The number of pyridine rings is 1. The summed E-state index contributed by atoms with van der Waals surface area (Å²) in [6.07, 6.45) is 0. The number of anilines is 1. The molecule has 110 valence electrons. The van der Waals surface area contributed by atoms with Crippen molar-refractivity contribution in [3.63, 3.8) is 0 Å². The highest BCUT2D eigenvalue weighted by molar-refractivity contribution is 7.99. The van der Waals surface area contributed by atoms with Crippen LogP contribution in [0.2, 0.25) is 0 Å². The first-order valence-electron chi connectivity index (χ1n) is 6.03. The number of hydrogen-bond acceptors (Lipinski definition) is 5. The van der Waals surface area contributed by atoms with Crippen molar-refractivity contribution in [1.29, 1.82) is 0 Å². The molecule has 5 nitrogen and oxygen atoms in total. The van der Waals surface area contributed by atoms with Crippen LogP contribution in [0.15, 0.2) is 40.3 Å². The van der Waals surface area contributed by atoms with Gasteiger partial charge in [-0.25, -0.2) is 13.8 Å². The molecule has 1 aromatic heterocycles. The molecule has 0 bridgehead atoms. The van der Waals surface area contributed by atoms with Crippen molar-refractivity contribution in [2.45, 2.75) is 16.8 Å². The smallest absolute Gasteiger partial charge is 0.275 e. The largest absolute Gasteiger partial charge is 0.370 e.